The van der Waals surface area contributed by atoms with Gasteiger partial charge < -0.3 is 10.1 Å². The lowest BCUT2D eigenvalue weighted by Gasteiger charge is -2.13. The molecule has 1 atom stereocenters. The number of rotatable bonds is 5. The highest BCUT2D eigenvalue weighted by Gasteiger charge is 2.31. The number of ether oxygens (including phenoxy) is 1. The molecule has 0 unspecified atom stereocenters. The van der Waals surface area contributed by atoms with Gasteiger partial charge in [0.2, 0.25) is 0 Å². The molecule has 25 heavy (non-hydrogen) atoms. The number of carbonyl (C=O) groups is 2. The van der Waals surface area contributed by atoms with Gasteiger partial charge in [0.15, 0.2) is 12.4 Å². The number of Topliss-reactive ketones (excluding diaryl/α,β-unsaturated/α-hetero) is 1. The SMILES string of the molecule is Cc1ccc(OCC(=O)NCc2cccc(Cl)c2)c2c1[C@H](C)CC2=O. The van der Waals surface area contributed by atoms with E-state index < -0.39 is 0 Å². The molecule has 3 rings (SSSR count). The van der Waals surface area contributed by atoms with Crippen LogP contribution < -0.4 is 10.1 Å². The minimum absolute atomic E-state index is 0.0838. The quantitative estimate of drug-likeness (QED) is 0.878. The zero-order valence-electron chi connectivity index (χ0n) is 14.3. The topological polar surface area (TPSA) is 55.4 Å². The first-order valence-electron chi connectivity index (χ1n) is 8.26. The molecule has 130 valence electrons. The van der Waals surface area contributed by atoms with Crippen LogP contribution in [-0.2, 0) is 11.3 Å². The number of aryl methyl sites for hydroxylation is 1. The molecule has 4 nitrogen and oxygen atoms in total. The molecule has 0 radical (unpaired) electrons. The zero-order chi connectivity index (χ0) is 18.0. The van der Waals surface area contributed by atoms with Gasteiger partial charge in [0.05, 0.1) is 5.56 Å². The second kappa shape index (κ2) is 7.28. The van der Waals surface area contributed by atoms with Crippen LogP contribution in [0, 0.1) is 6.92 Å². The van der Waals surface area contributed by atoms with Gasteiger partial charge in [-0.15, -0.1) is 0 Å². The smallest absolute Gasteiger partial charge is 0.258 e. The molecule has 0 heterocycles. The van der Waals surface area contributed by atoms with E-state index in [0.29, 0.717) is 29.3 Å². The van der Waals surface area contributed by atoms with Crippen molar-refractivity contribution in [2.75, 3.05) is 6.61 Å². The summed E-state index contributed by atoms with van der Waals surface area (Å²) in [6.07, 6.45) is 0.498. The third kappa shape index (κ3) is 3.85. The summed E-state index contributed by atoms with van der Waals surface area (Å²) in [6.45, 7) is 4.29. The lowest BCUT2D eigenvalue weighted by Crippen LogP contribution is -2.28. The van der Waals surface area contributed by atoms with Crippen molar-refractivity contribution in [3.63, 3.8) is 0 Å². The molecule has 0 bridgehead atoms. The molecular formula is C20H20ClNO3. The Balaban J connectivity index is 1.63. The van der Waals surface area contributed by atoms with Crippen LogP contribution in [0.4, 0.5) is 0 Å². The fraction of sp³-hybridized carbons (Fsp3) is 0.300. The average Bonchev–Trinajstić information content (AvgIpc) is 2.88. The molecule has 2 aromatic carbocycles. The van der Waals surface area contributed by atoms with Crippen LogP contribution in [0.2, 0.25) is 5.02 Å². The van der Waals surface area contributed by atoms with Gasteiger partial charge in [-0.25, -0.2) is 0 Å². The Bertz CT molecular complexity index is 832. The maximum atomic E-state index is 12.2. The van der Waals surface area contributed by atoms with Crippen molar-refractivity contribution in [2.24, 2.45) is 0 Å². The van der Waals surface area contributed by atoms with E-state index in [2.05, 4.69) is 5.32 Å². The van der Waals surface area contributed by atoms with Gasteiger partial charge in [-0.3, -0.25) is 9.59 Å². The van der Waals surface area contributed by atoms with Gasteiger partial charge in [-0.2, -0.15) is 0 Å². The van der Waals surface area contributed by atoms with Crippen LogP contribution in [0.3, 0.4) is 0 Å². The number of carbonyl (C=O) groups excluding carboxylic acids is 2. The number of amides is 1. The highest BCUT2D eigenvalue weighted by Crippen LogP contribution is 2.40. The van der Waals surface area contributed by atoms with Gasteiger partial charge in [0.25, 0.3) is 5.91 Å². The first-order chi connectivity index (χ1) is 12.0. The number of nitrogens with one attached hydrogen (secondary N) is 1. The summed E-state index contributed by atoms with van der Waals surface area (Å²) in [5.74, 6) is 0.531. The minimum Gasteiger partial charge on any atom is -0.483 e. The normalized spacial score (nSPS) is 15.8. The Hall–Kier alpha value is -2.33. The lowest BCUT2D eigenvalue weighted by atomic mass is 9.97. The number of benzene rings is 2. The molecule has 0 fully saturated rings. The first kappa shape index (κ1) is 17.5. The number of fused-ring (bicyclic) bond motifs is 1. The van der Waals surface area contributed by atoms with Gasteiger partial charge in [0, 0.05) is 18.0 Å². The highest BCUT2D eigenvalue weighted by atomic mass is 35.5. The summed E-state index contributed by atoms with van der Waals surface area (Å²) in [6, 6.07) is 11.0. The largest absolute Gasteiger partial charge is 0.483 e. The van der Waals surface area contributed by atoms with E-state index in [1.54, 1.807) is 18.2 Å². The fourth-order valence-corrected chi connectivity index (χ4v) is 3.48. The highest BCUT2D eigenvalue weighted by molar-refractivity contribution is 6.30. The van der Waals surface area contributed by atoms with Crippen molar-refractivity contribution in [1.29, 1.82) is 0 Å². The van der Waals surface area contributed by atoms with E-state index in [1.165, 1.54) is 0 Å². The Kier molecular flexibility index (Phi) is 5.09. The van der Waals surface area contributed by atoms with Crippen LogP contribution in [0.15, 0.2) is 36.4 Å². The summed E-state index contributed by atoms with van der Waals surface area (Å²) >= 11 is 5.92. The number of ketones is 1. The van der Waals surface area contributed by atoms with Crippen LogP contribution in [0.5, 0.6) is 5.75 Å². The van der Waals surface area contributed by atoms with Gasteiger partial charge in [-0.05, 0) is 47.7 Å². The summed E-state index contributed by atoms with van der Waals surface area (Å²) < 4.78 is 5.64. The van der Waals surface area contributed by atoms with Crippen molar-refractivity contribution in [3.05, 3.63) is 63.7 Å². The van der Waals surface area contributed by atoms with Gasteiger partial charge in [-0.1, -0.05) is 36.7 Å². The fourth-order valence-electron chi connectivity index (χ4n) is 3.27. The molecule has 2 aromatic rings. The van der Waals surface area contributed by atoms with Crippen LogP contribution in [-0.4, -0.2) is 18.3 Å². The van der Waals surface area contributed by atoms with Gasteiger partial charge in [0.1, 0.15) is 5.75 Å². The molecule has 1 N–H and O–H groups in total. The van der Waals surface area contributed by atoms with Crippen molar-refractivity contribution >= 4 is 23.3 Å². The minimum atomic E-state index is -0.243. The monoisotopic (exact) mass is 357 g/mol. The molecular weight excluding hydrogens is 338 g/mol. The van der Waals surface area contributed by atoms with E-state index in [-0.39, 0.29) is 24.2 Å². The molecule has 0 aliphatic heterocycles. The Labute approximate surface area is 152 Å². The molecule has 0 spiro atoms. The molecule has 0 aromatic heterocycles. The maximum Gasteiger partial charge on any atom is 0.258 e. The van der Waals surface area contributed by atoms with Crippen LogP contribution in [0.25, 0.3) is 0 Å². The van der Waals surface area contributed by atoms with Gasteiger partial charge >= 0.3 is 0 Å². The average molecular weight is 358 g/mol. The summed E-state index contributed by atoms with van der Waals surface area (Å²) in [4.78, 5) is 24.3. The number of hydrogen-bond acceptors (Lipinski definition) is 3. The summed E-state index contributed by atoms with van der Waals surface area (Å²) in [5.41, 5.74) is 3.68. The third-order valence-electron chi connectivity index (χ3n) is 4.43. The predicted molar refractivity (Wildman–Crippen MR) is 97.3 cm³/mol. The van der Waals surface area contributed by atoms with Crippen molar-refractivity contribution < 1.29 is 14.3 Å². The lowest BCUT2D eigenvalue weighted by molar-refractivity contribution is -0.123. The van der Waals surface area contributed by atoms with E-state index in [4.69, 9.17) is 16.3 Å². The second-order valence-electron chi connectivity index (χ2n) is 6.39. The second-order valence-corrected chi connectivity index (χ2v) is 6.83. The zero-order valence-corrected chi connectivity index (χ0v) is 15.0. The Morgan fingerprint density at radius 2 is 2.12 bits per heavy atom. The van der Waals surface area contributed by atoms with Crippen molar-refractivity contribution in [1.82, 2.24) is 5.32 Å². The molecule has 0 saturated carbocycles. The molecule has 1 amide bonds. The molecule has 1 aliphatic carbocycles. The Morgan fingerprint density at radius 1 is 1.32 bits per heavy atom. The molecule has 1 aliphatic rings. The summed E-state index contributed by atoms with van der Waals surface area (Å²) in [5, 5.41) is 3.42. The number of hydrogen-bond donors (Lipinski definition) is 1. The van der Waals surface area contributed by atoms with E-state index in [0.717, 1.165) is 16.7 Å². The van der Waals surface area contributed by atoms with Crippen LogP contribution in [0.1, 0.15) is 46.3 Å². The predicted octanol–water partition coefficient (Wildman–Crippen LogP) is 4.03. The molecule has 5 heteroatoms. The van der Waals surface area contributed by atoms with Crippen molar-refractivity contribution in [2.45, 2.75) is 32.7 Å². The third-order valence-corrected chi connectivity index (χ3v) is 4.66. The number of halogens is 1. The Morgan fingerprint density at radius 3 is 2.88 bits per heavy atom. The maximum absolute atomic E-state index is 12.2. The van der Waals surface area contributed by atoms with E-state index in [9.17, 15) is 9.59 Å². The van der Waals surface area contributed by atoms with Crippen molar-refractivity contribution in [3.8, 4) is 5.75 Å². The summed E-state index contributed by atoms with van der Waals surface area (Å²) in [7, 11) is 0. The van der Waals surface area contributed by atoms with E-state index >= 15 is 0 Å². The first-order valence-corrected chi connectivity index (χ1v) is 8.64. The van der Waals surface area contributed by atoms with Crippen LogP contribution >= 0.6 is 11.6 Å². The van der Waals surface area contributed by atoms with E-state index in [1.807, 2.05) is 32.0 Å². The standard InChI is InChI=1S/C20H20ClNO3/c1-12-6-7-17(20-16(23)8-13(2)19(12)20)25-11-18(24)22-10-14-4-3-5-15(21)9-14/h3-7,9,13H,8,10-11H2,1-2H3,(H,22,24)/t13-/m1/s1. The molecule has 0 saturated heterocycles.